The van der Waals surface area contributed by atoms with Crippen LogP contribution in [0.1, 0.15) is 12.8 Å². The fourth-order valence-corrected chi connectivity index (χ4v) is 1.47. The number of nitrogens with two attached hydrogens (primary N) is 1. The van der Waals surface area contributed by atoms with E-state index in [9.17, 15) is 9.59 Å². The van der Waals surface area contributed by atoms with Crippen LogP contribution in [-0.4, -0.2) is 31.4 Å². The van der Waals surface area contributed by atoms with Gasteiger partial charge in [-0.25, -0.2) is 0 Å². The fraction of sp³-hybridized carbons (Fsp3) is 0.750. The SMILES string of the molecule is CNC(=O)[C@@H](N)C[C@@H]1CCNC1=O. The first-order valence-corrected chi connectivity index (χ1v) is 4.40. The summed E-state index contributed by atoms with van der Waals surface area (Å²) < 4.78 is 0. The highest BCUT2D eigenvalue weighted by atomic mass is 16.2. The number of hydrogen-bond acceptors (Lipinski definition) is 3. The Kier molecular flexibility index (Phi) is 3.25. The Morgan fingerprint density at radius 1 is 1.85 bits per heavy atom. The van der Waals surface area contributed by atoms with E-state index in [-0.39, 0.29) is 17.7 Å². The summed E-state index contributed by atoms with van der Waals surface area (Å²) in [6, 6.07) is -0.571. The van der Waals surface area contributed by atoms with E-state index in [1.807, 2.05) is 0 Å². The summed E-state index contributed by atoms with van der Waals surface area (Å²) in [5, 5.41) is 5.16. The van der Waals surface area contributed by atoms with Gasteiger partial charge in [-0.1, -0.05) is 0 Å². The molecule has 13 heavy (non-hydrogen) atoms. The molecule has 0 bridgehead atoms. The number of likely N-dealkylation sites (N-methyl/N-ethyl adjacent to an activating group) is 1. The molecule has 0 aromatic rings. The Morgan fingerprint density at radius 2 is 2.54 bits per heavy atom. The van der Waals surface area contributed by atoms with Gasteiger partial charge in [-0.3, -0.25) is 9.59 Å². The van der Waals surface area contributed by atoms with Gasteiger partial charge in [0.1, 0.15) is 0 Å². The van der Waals surface area contributed by atoms with Crippen molar-refractivity contribution in [3.05, 3.63) is 0 Å². The first-order chi connectivity index (χ1) is 6.15. The molecule has 2 amide bonds. The van der Waals surface area contributed by atoms with Crippen LogP contribution in [0.4, 0.5) is 0 Å². The average molecular weight is 185 g/mol. The second-order valence-electron chi connectivity index (χ2n) is 3.23. The number of rotatable bonds is 3. The molecule has 74 valence electrons. The smallest absolute Gasteiger partial charge is 0.236 e. The molecule has 0 aromatic carbocycles. The molecule has 0 aromatic heterocycles. The van der Waals surface area contributed by atoms with Crippen LogP contribution in [0.3, 0.4) is 0 Å². The van der Waals surface area contributed by atoms with Gasteiger partial charge in [-0.05, 0) is 12.8 Å². The van der Waals surface area contributed by atoms with Crippen LogP contribution in [0.15, 0.2) is 0 Å². The van der Waals surface area contributed by atoms with Crippen molar-refractivity contribution in [2.45, 2.75) is 18.9 Å². The zero-order valence-corrected chi connectivity index (χ0v) is 7.67. The molecule has 0 spiro atoms. The monoisotopic (exact) mass is 185 g/mol. The molecule has 1 heterocycles. The highest BCUT2D eigenvalue weighted by Crippen LogP contribution is 2.14. The van der Waals surface area contributed by atoms with E-state index < -0.39 is 6.04 Å². The molecular weight excluding hydrogens is 170 g/mol. The summed E-state index contributed by atoms with van der Waals surface area (Å²) in [6.07, 6.45) is 1.22. The molecular formula is C8H15N3O2. The Bertz CT molecular complexity index is 217. The van der Waals surface area contributed by atoms with Crippen LogP contribution in [0.5, 0.6) is 0 Å². The molecule has 1 fully saturated rings. The van der Waals surface area contributed by atoms with Crippen molar-refractivity contribution in [1.82, 2.24) is 10.6 Å². The number of nitrogens with one attached hydrogen (secondary N) is 2. The van der Waals surface area contributed by atoms with Crippen molar-refractivity contribution in [3.63, 3.8) is 0 Å². The topological polar surface area (TPSA) is 84.2 Å². The van der Waals surface area contributed by atoms with Crippen molar-refractivity contribution in [2.24, 2.45) is 11.7 Å². The Morgan fingerprint density at radius 3 is 3.00 bits per heavy atom. The quantitative estimate of drug-likeness (QED) is 0.505. The van der Waals surface area contributed by atoms with Crippen molar-refractivity contribution < 1.29 is 9.59 Å². The van der Waals surface area contributed by atoms with E-state index in [1.165, 1.54) is 7.05 Å². The summed E-state index contributed by atoms with van der Waals surface area (Å²) in [6.45, 7) is 0.698. The molecule has 5 heteroatoms. The van der Waals surface area contributed by atoms with Gasteiger partial charge >= 0.3 is 0 Å². The molecule has 0 unspecified atom stereocenters. The maximum atomic E-state index is 11.1. The molecule has 0 saturated carbocycles. The number of carbonyl (C=O) groups is 2. The van der Waals surface area contributed by atoms with Crippen molar-refractivity contribution in [3.8, 4) is 0 Å². The second-order valence-corrected chi connectivity index (χ2v) is 3.23. The molecule has 0 aliphatic carbocycles. The van der Waals surface area contributed by atoms with Gasteiger partial charge < -0.3 is 16.4 Å². The predicted molar refractivity (Wildman–Crippen MR) is 47.8 cm³/mol. The van der Waals surface area contributed by atoms with Crippen LogP contribution < -0.4 is 16.4 Å². The van der Waals surface area contributed by atoms with Crippen molar-refractivity contribution in [1.29, 1.82) is 0 Å². The normalized spacial score (nSPS) is 23.8. The lowest BCUT2D eigenvalue weighted by molar-refractivity contribution is -0.124. The van der Waals surface area contributed by atoms with E-state index in [0.717, 1.165) is 6.42 Å². The molecule has 1 rings (SSSR count). The molecule has 2 atom stereocenters. The van der Waals surface area contributed by atoms with Crippen LogP contribution in [0.2, 0.25) is 0 Å². The summed E-state index contributed by atoms with van der Waals surface area (Å²) in [7, 11) is 1.54. The lowest BCUT2D eigenvalue weighted by Crippen LogP contribution is -2.40. The van der Waals surface area contributed by atoms with Crippen LogP contribution in [-0.2, 0) is 9.59 Å². The first kappa shape index (κ1) is 9.98. The molecule has 1 aliphatic rings. The van der Waals surface area contributed by atoms with Crippen LogP contribution in [0, 0.1) is 5.92 Å². The number of carbonyl (C=O) groups excluding carboxylic acids is 2. The standard InChI is InChI=1S/C8H15N3O2/c1-10-8(13)6(9)4-5-2-3-11-7(5)12/h5-6H,2-4,9H2,1H3,(H,10,13)(H,11,12)/t5-,6-/m0/s1. The van der Waals surface area contributed by atoms with Crippen LogP contribution in [0.25, 0.3) is 0 Å². The minimum absolute atomic E-state index is 0.0133. The lowest BCUT2D eigenvalue weighted by atomic mass is 9.98. The van der Waals surface area contributed by atoms with E-state index in [1.54, 1.807) is 0 Å². The lowest BCUT2D eigenvalue weighted by Gasteiger charge is -2.12. The minimum atomic E-state index is -0.571. The predicted octanol–water partition coefficient (Wildman–Crippen LogP) is -1.41. The van der Waals surface area contributed by atoms with Crippen LogP contribution >= 0.6 is 0 Å². The van der Waals surface area contributed by atoms with Gasteiger partial charge in [0.05, 0.1) is 6.04 Å². The van der Waals surface area contributed by atoms with E-state index >= 15 is 0 Å². The third-order valence-electron chi connectivity index (χ3n) is 2.28. The van der Waals surface area contributed by atoms with Crippen molar-refractivity contribution in [2.75, 3.05) is 13.6 Å². The number of amides is 2. The highest BCUT2D eigenvalue weighted by molar-refractivity contribution is 5.84. The third kappa shape index (κ3) is 2.42. The first-order valence-electron chi connectivity index (χ1n) is 4.40. The van der Waals surface area contributed by atoms with Crippen molar-refractivity contribution >= 4 is 11.8 Å². The summed E-state index contributed by atoms with van der Waals surface area (Å²) >= 11 is 0. The van der Waals surface area contributed by atoms with E-state index in [0.29, 0.717) is 13.0 Å². The third-order valence-corrected chi connectivity index (χ3v) is 2.28. The highest BCUT2D eigenvalue weighted by Gasteiger charge is 2.27. The average Bonchev–Trinajstić information content (AvgIpc) is 2.50. The summed E-state index contributed by atoms with van der Waals surface area (Å²) in [5.41, 5.74) is 5.58. The van der Waals surface area contributed by atoms with Gasteiger partial charge in [-0.2, -0.15) is 0 Å². The Labute approximate surface area is 77.1 Å². The molecule has 1 aliphatic heterocycles. The minimum Gasteiger partial charge on any atom is -0.358 e. The number of hydrogen-bond donors (Lipinski definition) is 3. The van der Waals surface area contributed by atoms with Gasteiger partial charge in [0, 0.05) is 19.5 Å². The zero-order valence-electron chi connectivity index (χ0n) is 7.67. The Hall–Kier alpha value is -1.10. The maximum absolute atomic E-state index is 11.1. The van der Waals surface area contributed by atoms with Gasteiger partial charge in [0.25, 0.3) is 0 Å². The second kappa shape index (κ2) is 4.23. The maximum Gasteiger partial charge on any atom is 0.236 e. The summed E-state index contributed by atoms with van der Waals surface area (Å²) in [4.78, 5) is 22.2. The largest absolute Gasteiger partial charge is 0.358 e. The van der Waals surface area contributed by atoms with Gasteiger partial charge in [0.2, 0.25) is 11.8 Å². The summed E-state index contributed by atoms with van der Waals surface area (Å²) in [5.74, 6) is -0.286. The Balaban J connectivity index is 2.39. The van der Waals surface area contributed by atoms with Gasteiger partial charge in [0.15, 0.2) is 0 Å². The zero-order chi connectivity index (χ0) is 9.84. The van der Waals surface area contributed by atoms with E-state index in [2.05, 4.69) is 10.6 Å². The molecule has 5 nitrogen and oxygen atoms in total. The van der Waals surface area contributed by atoms with E-state index in [4.69, 9.17) is 5.73 Å². The molecule has 4 N–H and O–H groups in total. The molecule has 0 radical (unpaired) electrons. The fourth-order valence-electron chi connectivity index (χ4n) is 1.47. The van der Waals surface area contributed by atoms with Gasteiger partial charge in [-0.15, -0.1) is 0 Å². The molecule has 1 saturated heterocycles.